The van der Waals surface area contributed by atoms with E-state index < -0.39 is 6.10 Å². The molecule has 0 heterocycles. The van der Waals surface area contributed by atoms with E-state index in [-0.39, 0.29) is 5.78 Å². The van der Waals surface area contributed by atoms with Crippen molar-refractivity contribution in [3.8, 4) is 0 Å². The van der Waals surface area contributed by atoms with Gasteiger partial charge in [-0.1, -0.05) is 0 Å². The second kappa shape index (κ2) is 6.55. The lowest BCUT2D eigenvalue weighted by atomic mass is 10.3. The average molecular weight is 122 g/mol. The van der Waals surface area contributed by atoms with E-state index in [1.54, 1.807) is 0 Å². The van der Waals surface area contributed by atoms with E-state index >= 15 is 0 Å². The van der Waals surface area contributed by atoms with Crippen LogP contribution < -0.4 is 0 Å². The summed E-state index contributed by atoms with van der Waals surface area (Å²) in [6, 6.07) is 0. The number of hydrogen-bond donors (Lipinski definition) is 3. The Hall–Kier alpha value is -0.450. The van der Waals surface area contributed by atoms with Crippen LogP contribution in [0.3, 0.4) is 0 Å². The fourth-order valence-electron chi connectivity index (χ4n) is 0. The molecule has 0 amide bonds. The molecule has 4 heteroatoms. The van der Waals surface area contributed by atoms with Gasteiger partial charge in [0.25, 0.3) is 0 Å². The summed E-state index contributed by atoms with van der Waals surface area (Å²) < 4.78 is 0. The molecule has 0 aromatic rings. The molecule has 0 aliphatic carbocycles. The van der Waals surface area contributed by atoms with Crippen LogP contribution in [0.25, 0.3) is 0 Å². The van der Waals surface area contributed by atoms with Crippen LogP contribution in [0, 0.1) is 0 Å². The van der Waals surface area contributed by atoms with Crippen LogP contribution in [0.15, 0.2) is 0 Å². The van der Waals surface area contributed by atoms with Crippen LogP contribution in [-0.4, -0.2) is 27.5 Å². The van der Waals surface area contributed by atoms with E-state index in [9.17, 15) is 4.79 Å². The molecule has 0 bridgehead atoms. The zero-order chi connectivity index (χ0) is 7.15. The first kappa shape index (κ1) is 10.5. The van der Waals surface area contributed by atoms with E-state index in [0.717, 1.165) is 0 Å². The van der Waals surface area contributed by atoms with Crippen molar-refractivity contribution in [1.29, 1.82) is 0 Å². The minimum atomic E-state index is -0.787. The summed E-state index contributed by atoms with van der Waals surface area (Å²) in [5.74, 6) is -0.185. The number of ketones is 1. The highest BCUT2D eigenvalue weighted by Gasteiger charge is 1.97. The van der Waals surface area contributed by atoms with Crippen molar-refractivity contribution < 1.29 is 20.4 Å². The molecular weight excluding hydrogens is 112 g/mol. The molecule has 0 aromatic carbocycles. The van der Waals surface area contributed by atoms with Crippen molar-refractivity contribution in [3.63, 3.8) is 0 Å². The largest absolute Gasteiger partial charge is 0.386 e. The molecule has 0 spiro atoms. The van der Waals surface area contributed by atoms with Crippen molar-refractivity contribution in [1.82, 2.24) is 0 Å². The molecule has 0 rings (SSSR count). The van der Waals surface area contributed by atoms with Crippen LogP contribution in [0.1, 0.15) is 13.8 Å². The average Bonchev–Trinajstić information content (AvgIpc) is 1.72. The standard InChI is InChI=1S/C4H8O2.H2O2/c1-3(5)4(2)6;1-2/h3,5H,1-2H3;1-2H. The Balaban J connectivity index is 0. The Morgan fingerprint density at radius 2 is 1.62 bits per heavy atom. The highest BCUT2D eigenvalue weighted by Crippen LogP contribution is 1.76. The third-order valence-electron chi connectivity index (χ3n) is 0.588. The van der Waals surface area contributed by atoms with Gasteiger partial charge >= 0.3 is 0 Å². The molecule has 8 heavy (non-hydrogen) atoms. The minimum Gasteiger partial charge on any atom is -0.386 e. The fourth-order valence-corrected chi connectivity index (χ4v) is 0. The van der Waals surface area contributed by atoms with Gasteiger partial charge in [-0.25, -0.2) is 0 Å². The van der Waals surface area contributed by atoms with Gasteiger partial charge in [0.1, 0.15) is 6.10 Å². The number of Topliss-reactive ketones (excluding diaryl/α,β-unsaturated/α-hetero) is 1. The summed E-state index contributed by atoms with van der Waals surface area (Å²) in [5, 5.41) is 20.3. The van der Waals surface area contributed by atoms with Crippen molar-refractivity contribution in [2.24, 2.45) is 0 Å². The first-order valence-corrected chi connectivity index (χ1v) is 2.03. The second-order valence-electron chi connectivity index (χ2n) is 1.29. The molecule has 1 unspecified atom stereocenters. The normalized spacial score (nSPS) is 11.1. The third-order valence-corrected chi connectivity index (χ3v) is 0.588. The van der Waals surface area contributed by atoms with Gasteiger partial charge in [0.2, 0.25) is 0 Å². The summed E-state index contributed by atoms with van der Waals surface area (Å²) in [4.78, 5) is 9.89. The lowest BCUT2D eigenvalue weighted by Crippen LogP contribution is -2.10. The molecular formula is C4H10O4. The number of aliphatic hydroxyl groups is 1. The molecule has 0 fully saturated rings. The zero-order valence-corrected chi connectivity index (χ0v) is 4.83. The summed E-state index contributed by atoms with van der Waals surface area (Å²) in [7, 11) is 0. The van der Waals surface area contributed by atoms with Crippen LogP contribution in [0.5, 0.6) is 0 Å². The Labute approximate surface area is 47.3 Å². The fraction of sp³-hybridized carbons (Fsp3) is 0.750. The molecule has 1 atom stereocenters. The molecule has 0 aliphatic heterocycles. The van der Waals surface area contributed by atoms with Crippen LogP contribution in [0.4, 0.5) is 0 Å². The Morgan fingerprint density at radius 1 is 1.50 bits per heavy atom. The number of carbonyl (C=O) groups excluding carboxylic acids is 1. The lowest BCUT2D eigenvalue weighted by Gasteiger charge is -1.90. The lowest BCUT2D eigenvalue weighted by molar-refractivity contribution is -0.176. The number of hydrogen-bond acceptors (Lipinski definition) is 4. The maximum atomic E-state index is 9.89. The number of rotatable bonds is 1. The van der Waals surface area contributed by atoms with E-state index in [2.05, 4.69) is 0 Å². The van der Waals surface area contributed by atoms with Gasteiger partial charge in [-0.3, -0.25) is 15.3 Å². The summed E-state index contributed by atoms with van der Waals surface area (Å²) in [6.07, 6.45) is -0.787. The predicted molar refractivity (Wildman–Crippen MR) is 27.6 cm³/mol. The Morgan fingerprint density at radius 3 is 1.62 bits per heavy atom. The minimum absolute atomic E-state index is 0.185. The van der Waals surface area contributed by atoms with E-state index in [1.807, 2.05) is 0 Å². The quantitative estimate of drug-likeness (QED) is 0.337. The van der Waals surface area contributed by atoms with Gasteiger partial charge < -0.3 is 5.11 Å². The zero-order valence-electron chi connectivity index (χ0n) is 4.83. The molecule has 0 aromatic heterocycles. The van der Waals surface area contributed by atoms with Gasteiger partial charge in [-0.05, 0) is 13.8 Å². The van der Waals surface area contributed by atoms with Gasteiger partial charge in [0.05, 0.1) is 0 Å². The Bertz CT molecular complexity index is 59.1. The predicted octanol–water partition coefficient (Wildman–Crippen LogP) is -0.0264. The topological polar surface area (TPSA) is 77.8 Å². The van der Waals surface area contributed by atoms with Crippen LogP contribution >= 0.6 is 0 Å². The molecule has 0 radical (unpaired) electrons. The smallest absolute Gasteiger partial charge is 0.157 e. The molecule has 50 valence electrons. The van der Waals surface area contributed by atoms with E-state index in [0.29, 0.717) is 0 Å². The summed E-state index contributed by atoms with van der Waals surface area (Å²) in [5.41, 5.74) is 0. The first-order valence-electron chi connectivity index (χ1n) is 2.03. The van der Waals surface area contributed by atoms with Crippen molar-refractivity contribution in [2.75, 3.05) is 0 Å². The maximum Gasteiger partial charge on any atom is 0.157 e. The van der Waals surface area contributed by atoms with Gasteiger partial charge in [-0.15, -0.1) is 0 Å². The highest BCUT2D eigenvalue weighted by atomic mass is 17.0. The summed E-state index contributed by atoms with van der Waals surface area (Å²) >= 11 is 0. The second-order valence-corrected chi connectivity index (χ2v) is 1.29. The maximum absolute atomic E-state index is 9.89. The first-order chi connectivity index (χ1) is 3.64. The molecule has 0 saturated heterocycles. The van der Waals surface area contributed by atoms with E-state index in [4.69, 9.17) is 15.6 Å². The monoisotopic (exact) mass is 122 g/mol. The van der Waals surface area contributed by atoms with Crippen molar-refractivity contribution in [2.45, 2.75) is 20.0 Å². The van der Waals surface area contributed by atoms with Gasteiger partial charge in [0.15, 0.2) is 5.78 Å². The van der Waals surface area contributed by atoms with Crippen molar-refractivity contribution in [3.05, 3.63) is 0 Å². The molecule has 0 aliphatic rings. The molecule has 0 saturated carbocycles. The number of carbonyl (C=O) groups is 1. The Kier molecular flexibility index (Phi) is 8.61. The highest BCUT2D eigenvalue weighted by molar-refractivity contribution is 5.79. The number of aliphatic hydroxyl groups excluding tert-OH is 1. The van der Waals surface area contributed by atoms with Gasteiger partial charge in [0, 0.05) is 0 Å². The molecule has 4 nitrogen and oxygen atoms in total. The van der Waals surface area contributed by atoms with Crippen LogP contribution in [0.2, 0.25) is 0 Å². The van der Waals surface area contributed by atoms with Crippen LogP contribution in [-0.2, 0) is 4.79 Å². The third kappa shape index (κ3) is 9.12. The molecule has 3 N–H and O–H groups in total. The SMILES string of the molecule is CC(=O)C(C)O.OO. The van der Waals surface area contributed by atoms with E-state index in [1.165, 1.54) is 13.8 Å². The summed E-state index contributed by atoms with van der Waals surface area (Å²) in [6.45, 7) is 2.80. The van der Waals surface area contributed by atoms with Gasteiger partial charge in [-0.2, -0.15) is 0 Å². The van der Waals surface area contributed by atoms with Crippen molar-refractivity contribution >= 4 is 5.78 Å².